The lowest BCUT2D eigenvalue weighted by atomic mass is 10.2. The van der Waals surface area contributed by atoms with E-state index in [2.05, 4.69) is 29.6 Å². The summed E-state index contributed by atoms with van der Waals surface area (Å²) in [5.74, 6) is 1.07. The Hall–Kier alpha value is -1.05. The van der Waals surface area contributed by atoms with Crippen LogP contribution >= 0.6 is 0 Å². The van der Waals surface area contributed by atoms with Gasteiger partial charge < -0.3 is 4.90 Å². The maximum Gasteiger partial charge on any atom is 0.131 e. The van der Waals surface area contributed by atoms with Crippen molar-refractivity contribution in [2.75, 3.05) is 13.6 Å². The number of nitrogens with zero attached hydrogens (tertiary/aromatic N) is 2. The van der Waals surface area contributed by atoms with Crippen LogP contribution in [0.5, 0.6) is 0 Å². The molecule has 0 amide bonds. The Labute approximate surface area is 67.9 Å². The van der Waals surface area contributed by atoms with Crippen molar-refractivity contribution in [1.82, 2.24) is 4.90 Å². The fourth-order valence-electron chi connectivity index (χ4n) is 1.29. The van der Waals surface area contributed by atoms with Gasteiger partial charge in [0.2, 0.25) is 0 Å². The molecule has 1 heterocycles. The molecule has 0 unspecified atom stereocenters. The van der Waals surface area contributed by atoms with Gasteiger partial charge in [0.25, 0.3) is 0 Å². The topological polar surface area (TPSA) is 15.6 Å². The predicted molar refractivity (Wildman–Crippen MR) is 48.6 cm³/mol. The highest BCUT2D eigenvalue weighted by Crippen LogP contribution is 2.16. The molecule has 0 bridgehead atoms. The van der Waals surface area contributed by atoms with Crippen molar-refractivity contribution >= 4 is 5.84 Å². The van der Waals surface area contributed by atoms with Crippen molar-refractivity contribution in [3.05, 3.63) is 24.4 Å². The fraction of sp³-hybridized carbons (Fsp3) is 0.444. The van der Waals surface area contributed by atoms with Crippen molar-refractivity contribution in [2.24, 2.45) is 4.99 Å². The summed E-state index contributed by atoms with van der Waals surface area (Å²) in [6, 6.07) is 0. The molecule has 1 rings (SSSR count). The smallest absolute Gasteiger partial charge is 0.131 e. The van der Waals surface area contributed by atoms with E-state index < -0.39 is 0 Å². The minimum absolute atomic E-state index is 1.07. The van der Waals surface area contributed by atoms with Crippen molar-refractivity contribution in [1.29, 1.82) is 0 Å². The molecule has 60 valence electrons. The molecule has 2 heteroatoms. The van der Waals surface area contributed by atoms with Gasteiger partial charge in [0, 0.05) is 19.8 Å². The second-order valence-electron chi connectivity index (χ2n) is 2.62. The molecule has 0 saturated carbocycles. The Morgan fingerprint density at radius 3 is 2.91 bits per heavy atom. The molecule has 1 aliphatic rings. The third kappa shape index (κ3) is 1.50. The number of rotatable bonds is 1. The molecule has 0 aromatic rings. The van der Waals surface area contributed by atoms with E-state index in [1.54, 1.807) is 6.20 Å². The van der Waals surface area contributed by atoms with Gasteiger partial charge in [-0.15, -0.1) is 0 Å². The van der Waals surface area contributed by atoms with Crippen molar-refractivity contribution < 1.29 is 0 Å². The van der Waals surface area contributed by atoms with Gasteiger partial charge in [-0.05, 0) is 18.9 Å². The average Bonchev–Trinajstić information content (AvgIpc) is 2.34. The van der Waals surface area contributed by atoms with Crippen LogP contribution in [0.4, 0.5) is 0 Å². The zero-order chi connectivity index (χ0) is 8.27. The first-order valence-electron chi connectivity index (χ1n) is 3.85. The normalized spacial score (nSPS) is 25.1. The minimum atomic E-state index is 1.07. The third-order valence-electron chi connectivity index (χ3n) is 1.93. The predicted octanol–water partition coefficient (Wildman–Crippen LogP) is 1.81. The van der Waals surface area contributed by atoms with E-state index in [9.17, 15) is 0 Å². The first kappa shape index (κ1) is 8.05. The standard InChI is InChI=1S/C9H14N2/c1-4-8-6-7-11(3)9(8)10-5-2/h4-5H,2,6-7H2,1,3H3/b8-4-,10-9+. The number of aliphatic imine (C=N–C) groups is 1. The zero-order valence-electron chi connectivity index (χ0n) is 7.17. The molecule has 0 aromatic carbocycles. The molecule has 0 N–H and O–H groups in total. The van der Waals surface area contributed by atoms with Gasteiger partial charge in [-0.25, -0.2) is 4.99 Å². The maximum absolute atomic E-state index is 4.20. The van der Waals surface area contributed by atoms with Gasteiger partial charge in [0.15, 0.2) is 0 Å². The number of allylic oxidation sites excluding steroid dienone is 1. The second kappa shape index (κ2) is 3.37. The number of likely N-dealkylation sites (tertiary alicyclic amines) is 1. The summed E-state index contributed by atoms with van der Waals surface area (Å²) in [5.41, 5.74) is 1.33. The van der Waals surface area contributed by atoms with Gasteiger partial charge in [-0.3, -0.25) is 0 Å². The van der Waals surface area contributed by atoms with E-state index in [1.165, 1.54) is 5.57 Å². The first-order chi connectivity index (χ1) is 5.29. The van der Waals surface area contributed by atoms with Gasteiger partial charge in [-0.2, -0.15) is 0 Å². The van der Waals surface area contributed by atoms with Crippen LogP contribution in [0.25, 0.3) is 0 Å². The van der Waals surface area contributed by atoms with Crippen LogP contribution in [0.1, 0.15) is 13.3 Å². The van der Waals surface area contributed by atoms with Gasteiger partial charge >= 0.3 is 0 Å². The van der Waals surface area contributed by atoms with Crippen LogP contribution in [-0.4, -0.2) is 24.3 Å². The highest BCUT2D eigenvalue weighted by molar-refractivity contribution is 6.00. The molecule has 0 aliphatic carbocycles. The van der Waals surface area contributed by atoms with Gasteiger partial charge in [-0.1, -0.05) is 12.7 Å². The summed E-state index contributed by atoms with van der Waals surface area (Å²) >= 11 is 0. The SMILES string of the molecule is C=C/N=C1\C(=C/C)CCN1C. The highest BCUT2D eigenvalue weighted by atomic mass is 15.2. The number of amidine groups is 1. The third-order valence-corrected chi connectivity index (χ3v) is 1.93. The van der Waals surface area contributed by atoms with Gasteiger partial charge in [0.05, 0.1) is 0 Å². The molecule has 1 saturated heterocycles. The quantitative estimate of drug-likeness (QED) is 0.556. The first-order valence-corrected chi connectivity index (χ1v) is 3.85. The lowest BCUT2D eigenvalue weighted by Crippen LogP contribution is -2.19. The molecular weight excluding hydrogens is 136 g/mol. The van der Waals surface area contributed by atoms with E-state index >= 15 is 0 Å². The lowest BCUT2D eigenvalue weighted by molar-refractivity contribution is 0.550. The Kier molecular flexibility index (Phi) is 2.47. The average molecular weight is 150 g/mol. The lowest BCUT2D eigenvalue weighted by Gasteiger charge is -2.09. The summed E-state index contributed by atoms with van der Waals surface area (Å²) in [5, 5.41) is 0. The van der Waals surface area contributed by atoms with Crippen LogP contribution < -0.4 is 0 Å². The Morgan fingerprint density at radius 2 is 2.36 bits per heavy atom. The second-order valence-corrected chi connectivity index (χ2v) is 2.62. The van der Waals surface area contributed by atoms with Crippen LogP contribution in [0.15, 0.2) is 29.4 Å². The molecule has 1 aliphatic heterocycles. The summed E-state index contributed by atoms with van der Waals surface area (Å²) in [7, 11) is 2.05. The molecule has 2 nitrogen and oxygen atoms in total. The number of hydrogen-bond donors (Lipinski definition) is 0. The molecule has 1 fully saturated rings. The van der Waals surface area contributed by atoms with E-state index in [1.807, 2.05) is 6.92 Å². The van der Waals surface area contributed by atoms with Gasteiger partial charge in [0.1, 0.15) is 5.84 Å². The van der Waals surface area contributed by atoms with Crippen LogP contribution in [-0.2, 0) is 0 Å². The maximum atomic E-state index is 4.20. The number of hydrogen-bond acceptors (Lipinski definition) is 1. The van der Waals surface area contributed by atoms with Crippen molar-refractivity contribution in [3.8, 4) is 0 Å². The Morgan fingerprint density at radius 1 is 1.64 bits per heavy atom. The Bertz CT molecular complexity index is 214. The summed E-state index contributed by atoms with van der Waals surface area (Å²) in [6.45, 7) is 6.71. The number of likely N-dealkylation sites (N-methyl/N-ethyl adjacent to an activating group) is 1. The van der Waals surface area contributed by atoms with Crippen molar-refractivity contribution in [2.45, 2.75) is 13.3 Å². The van der Waals surface area contributed by atoms with E-state index in [-0.39, 0.29) is 0 Å². The largest absolute Gasteiger partial charge is 0.359 e. The fourth-order valence-corrected chi connectivity index (χ4v) is 1.29. The summed E-state index contributed by atoms with van der Waals surface area (Å²) in [6.07, 6.45) is 4.83. The monoisotopic (exact) mass is 150 g/mol. The highest BCUT2D eigenvalue weighted by Gasteiger charge is 2.18. The minimum Gasteiger partial charge on any atom is -0.359 e. The van der Waals surface area contributed by atoms with E-state index in [0.717, 1.165) is 18.8 Å². The molecule has 0 aromatic heterocycles. The Balaban J connectivity index is 2.88. The van der Waals surface area contributed by atoms with Crippen LogP contribution in [0.3, 0.4) is 0 Å². The molecule has 0 atom stereocenters. The van der Waals surface area contributed by atoms with Crippen LogP contribution in [0.2, 0.25) is 0 Å². The summed E-state index contributed by atoms with van der Waals surface area (Å²) < 4.78 is 0. The van der Waals surface area contributed by atoms with Crippen molar-refractivity contribution in [3.63, 3.8) is 0 Å². The molecule has 0 radical (unpaired) electrons. The van der Waals surface area contributed by atoms with E-state index in [0.29, 0.717) is 0 Å². The molecule has 0 spiro atoms. The van der Waals surface area contributed by atoms with Crippen LogP contribution in [0, 0.1) is 0 Å². The van der Waals surface area contributed by atoms with E-state index in [4.69, 9.17) is 0 Å². The summed E-state index contributed by atoms with van der Waals surface area (Å²) in [4.78, 5) is 6.34. The molecule has 11 heavy (non-hydrogen) atoms. The zero-order valence-corrected chi connectivity index (χ0v) is 7.17. The molecular formula is C9H14N2.